The Labute approximate surface area is 197 Å². The van der Waals surface area contributed by atoms with Gasteiger partial charge in [0.2, 0.25) is 0 Å². The van der Waals surface area contributed by atoms with Crippen LogP contribution in [0.5, 0.6) is 0 Å². The number of hydrogen-bond donors (Lipinski definition) is 1. The van der Waals surface area contributed by atoms with Crippen LogP contribution in [-0.2, 0) is 14.3 Å². The first-order valence-electron chi connectivity index (χ1n) is 11.1. The van der Waals surface area contributed by atoms with E-state index in [9.17, 15) is 9.59 Å². The Balaban J connectivity index is 1.58. The summed E-state index contributed by atoms with van der Waals surface area (Å²) in [5.41, 5.74) is 6.01. The highest BCUT2D eigenvalue weighted by Gasteiger charge is 2.41. The van der Waals surface area contributed by atoms with Crippen molar-refractivity contribution in [3.8, 4) is 11.1 Å². The number of hydrogen-bond acceptors (Lipinski definition) is 5. The minimum atomic E-state index is -0.435. The molecule has 4 nitrogen and oxygen atoms in total. The summed E-state index contributed by atoms with van der Waals surface area (Å²) in [5.74, 6) is -0.585. The maximum Gasteiger partial charge on any atom is 0.336 e. The van der Waals surface area contributed by atoms with Gasteiger partial charge in [-0.3, -0.25) is 4.79 Å². The Morgan fingerprint density at radius 1 is 0.970 bits per heavy atom. The van der Waals surface area contributed by atoms with E-state index < -0.39 is 11.9 Å². The number of Topliss-reactive ketones (excluding diaryl/α,β-unsaturated/α-hetero) is 1. The monoisotopic (exact) mass is 455 g/mol. The van der Waals surface area contributed by atoms with Crippen molar-refractivity contribution < 1.29 is 14.3 Å². The molecule has 166 valence electrons. The average molecular weight is 456 g/mol. The van der Waals surface area contributed by atoms with Crippen LogP contribution in [-0.4, -0.2) is 18.9 Å². The molecule has 0 saturated heterocycles. The topological polar surface area (TPSA) is 55.4 Å². The molecule has 2 heterocycles. The van der Waals surface area contributed by atoms with Crippen molar-refractivity contribution in [2.24, 2.45) is 0 Å². The molecule has 1 N–H and O–H groups in total. The second kappa shape index (κ2) is 8.83. The zero-order valence-electron chi connectivity index (χ0n) is 18.6. The SMILES string of the molecule is COC(=O)C1=C(C)NC2=C(C(=O)C[C@@H](c3cccs3)C2)[C@@H]1c1ccc(-c2ccccc2)cc1. The van der Waals surface area contributed by atoms with E-state index in [0.29, 0.717) is 17.6 Å². The lowest BCUT2D eigenvalue weighted by atomic mass is 9.72. The first kappa shape index (κ1) is 21.4. The summed E-state index contributed by atoms with van der Waals surface area (Å²) in [7, 11) is 1.39. The highest BCUT2D eigenvalue weighted by Crippen LogP contribution is 2.46. The Bertz CT molecular complexity index is 1250. The molecule has 2 aromatic carbocycles. The van der Waals surface area contributed by atoms with Gasteiger partial charge in [-0.05, 0) is 41.5 Å². The fraction of sp³-hybridized carbons (Fsp3) is 0.214. The second-order valence-electron chi connectivity index (χ2n) is 8.51. The molecule has 2 aliphatic rings. The minimum Gasteiger partial charge on any atom is -0.466 e. The van der Waals surface area contributed by atoms with Crippen LogP contribution in [0.4, 0.5) is 0 Å². The summed E-state index contributed by atoms with van der Waals surface area (Å²) >= 11 is 1.69. The van der Waals surface area contributed by atoms with Crippen LogP contribution < -0.4 is 5.32 Å². The van der Waals surface area contributed by atoms with Gasteiger partial charge in [0.1, 0.15) is 0 Å². The molecule has 0 fully saturated rings. The summed E-state index contributed by atoms with van der Waals surface area (Å²) in [5, 5.41) is 5.44. The zero-order valence-corrected chi connectivity index (χ0v) is 19.4. The maximum atomic E-state index is 13.5. The summed E-state index contributed by atoms with van der Waals surface area (Å²) in [4.78, 5) is 27.6. The number of carbonyl (C=O) groups is 2. The maximum absolute atomic E-state index is 13.5. The zero-order chi connectivity index (χ0) is 22.9. The number of nitrogens with one attached hydrogen (secondary N) is 1. The Kier molecular flexibility index (Phi) is 5.73. The van der Waals surface area contributed by atoms with Gasteiger partial charge in [0.15, 0.2) is 5.78 Å². The number of dihydropyridines is 1. The van der Waals surface area contributed by atoms with E-state index in [0.717, 1.165) is 34.5 Å². The van der Waals surface area contributed by atoms with E-state index in [4.69, 9.17) is 4.74 Å². The molecule has 5 rings (SSSR count). The van der Waals surface area contributed by atoms with E-state index >= 15 is 0 Å². The molecule has 0 amide bonds. The van der Waals surface area contributed by atoms with Crippen molar-refractivity contribution in [2.45, 2.75) is 31.6 Å². The molecule has 1 aromatic heterocycles. The second-order valence-corrected chi connectivity index (χ2v) is 9.49. The highest BCUT2D eigenvalue weighted by molar-refractivity contribution is 7.10. The smallest absolute Gasteiger partial charge is 0.336 e. The first-order chi connectivity index (χ1) is 16.1. The number of ketones is 1. The van der Waals surface area contributed by atoms with E-state index in [1.165, 1.54) is 12.0 Å². The minimum absolute atomic E-state index is 0.0909. The summed E-state index contributed by atoms with van der Waals surface area (Å²) in [6.07, 6.45) is 1.21. The van der Waals surface area contributed by atoms with Crippen LogP contribution in [0.3, 0.4) is 0 Å². The van der Waals surface area contributed by atoms with Crippen molar-refractivity contribution in [1.29, 1.82) is 0 Å². The third-order valence-electron chi connectivity index (χ3n) is 6.53. The lowest BCUT2D eigenvalue weighted by Crippen LogP contribution is -2.35. The number of esters is 1. The average Bonchev–Trinajstić information content (AvgIpc) is 3.38. The fourth-order valence-corrected chi connectivity index (χ4v) is 5.81. The van der Waals surface area contributed by atoms with Crippen LogP contribution in [0.1, 0.15) is 42.0 Å². The highest BCUT2D eigenvalue weighted by atomic mass is 32.1. The fourth-order valence-electron chi connectivity index (χ4n) is 4.98. The predicted octanol–water partition coefficient (Wildman–Crippen LogP) is 5.95. The Hall–Kier alpha value is -3.44. The standard InChI is InChI=1S/C28H25NO3S/c1-17-25(28(31)32-2)26(20-12-10-19(11-13-20)18-7-4-3-5-8-18)27-22(29-17)15-21(16-23(27)30)24-9-6-14-33-24/h3-14,21,26,29H,15-16H2,1-2H3/t21-,26+/m0/s1. The van der Waals surface area contributed by atoms with Gasteiger partial charge in [0.05, 0.1) is 12.7 Å². The van der Waals surface area contributed by atoms with Crippen LogP contribution in [0.15, 0.2) is 94.7 Å². The number of thiophene rings is 1. The molecule has 0 unspecified atom stereocenters. The number of benzene rings is 2. The summed E-state index contributed by atoms with van der Waals surface area (Å²) in [6, 6.07) is 22.4. The van der Waals surface area contributed by atoms with Gasteiger partial charge in [-0.1, -0.05) is 60.7 Å². The van der Waals surface area contributed by atoms with Gasteiger partial charge in [0, 0.05) is 40.1 Å². The molecule has 0 saturated carbocycles. The normalized spacial score (nSPS) is 20.4. The van der Waals surface area contributed by atoms with Crippen LogP contribution in [0.2, 0.25) is 0 Å². The number of ether oxygens (including phenoxy) is 1. The van der Waals surface area contributed by atoms with Gasteiger partial charge in [-0.25, -0.2) is 4.79 Å². The van der Waals surface area contributed by atoms with E-state index in [2.05, 4.69) is 41.0 Å². The van der Waals surface area contributed by atoms with Gasteiger partial charge in [0.25, 0.3) is 0 Å². The largest absolute Gasteiger partial charge is 0.466 e. The van der Waals surface area contributed by atoms with Crippen LogP contribution in [0, 0.1) is 0 Å². The van der Waals surface area contributed by atoms with Gasteiger partial charge in [-0.15, -0.1) is 11.3 Å². The molecule has 3 aromatic rings. The van der Waals surface area contributed by atoms with Gasteiger partial charge < -0.3 is 10.1 Å². The summed E-state index contributed by atoms with van der Waals surface area (Å²) < 4.78 is 5.13. The Morgan fingerprint density at radius 3 is 2.36 bits per heavy atom. The van der Waals surface area contributed by atoms with E-state index in [1.807, 2.05) is 43.3 Å². The summed E-state index contributed by atoms with van der Waals surface area (Å²) in [6.45, 7) is 1.89. The van der Waals surface area contributed by atoms with Gasteiger partial charge in [-0.2, -0.15) is 0 Å². The predicted molar refractivity (Wildman–Crippen MR) is 131 cm³/mol. The molecule has 2 atom stereocenters. The number of allylic oxidation sites excluding steroid dienone is 3. The molecule has 1 aliphatic heterocycles. The lowest BCUT2D eigenvalue weighted by molar-refractivity contribution is -0.136. The first-order valence-corrected chi connectivity index (χ1v) is 12.0. The van der Waals surface area contributed by atoms with Crippen molar-refractivity contribution in [2.75, 3.05) is 7.11 Å². The third-order valence-corrected chi connectivity index (χ3v) is 7.56. The molecule has 33 heavy (non-hydrogen) atoms. The Morgan fingerprint density at radius 2 is 1.70 bits per heavy atom. The van der Waals surface area contributed by atoms with E-state index in [1.54, 1.807) is 11.3 Å². The molecule has 1 aliphatic carbocycles. The molecule has 0 spiro atoms. The van der Waals surface area contributed by atoms with E-state index in [-0.39, 0.29) is 11.7 Å². The molecule has 0 radical (unpaired) electrons. The number of carbonyl (C=O) groups excluding carboxylic acids is 2. The molecular weight excluding hydrogens is 430 g/mol. The molecular formula is C28H25NO3S. The van der Waals surface area contributed by atoms with Crippen molar-refractivity contribution >= 4 is 23.1 Å². The van der Waals surface area contributed by atoms with Gasteiger partial charge >= 0.3 is 5.97 Å². The number of methoxy groups -OCH3 is 1. The molecule has 0 bridgehead atoms. The third kappa shape index (κ3) is 3.93. The van der Waals surface area contributed by atoms with Crippen molar-refractivity contribution in [3.63, 3.8) is 0 Å². The van der Waals surface area contributed by atoms with Crippen molar-refractivity contribution in [1.82, 2.24) is 5.32 Å². The quantitative estimate of drug-likeness (QED) is 0.494. The van der Waals surface area contributed by atoms with Crippen LogP contribution >= 0.6 is 11.3 Å². The number of rotatable bonds is 4. The molecule has 5 heteroatoms. The van der Waals surface area contributed by atoms with Crippen LogP contribution in [0.25, 0.3) is 11.1 Å². The van der Waals surface area contributed by atoms with Crippen molar-refractivity contribution in [3.05, 3.63) is 105 Å². The lowest BCUT2D eigenvalue weighted by Gasteiger charge is -2.36.